The minimum Gasteiger partial charge on any atom is -0.504 e. The monoisotopic (exact) mass is 488 g/mol. The molecule has 5 nitrogen and oxygen atoms in total. The first kappa shape index (κ1) is 24.4. The highest BCUT2D eigenvalue weighted by atomic mass is 31.2. The van der Waals surface area contributed by atoms with E-state index < -0.39 is 42.8 Å². The maximum Gasteiger partial charge on any atom is 0.164 e. The van der Waals surface area contributed by atoms with Gasteiger partial charge in [0.1, 0.15) is 19.3 Å². The van der Waals surface area contributed by atoms with Gasteiger partial charge in [0.2, 0.25) is 0 Å². The second kappa shape index (κ2) is 9.87. The van der Waals surface area contributed by atoms with Crippen LogP contribution in [0.15, 0.2) is 60.7 Å². The van der Waals surface area contributed by atoms with Crippen LogP contribution in [0.25, 0.3) is 0 Å². The van der Waals surface area contributed by atoms with Gasteiger partial charge >= 0.3 is 0 Å². The molecule has 2 N–H and O–H groups in total. The number of aliphatic hydroxyl groups is 1. The Labute approximate surface area is 197 Å². The lowest BCUT2D eigenvalue weighted by Gasteiger charge is -2.36. The van der Waals surface area contributed by atoms with E-state index >= 15 is 0 Å². The predicted octanol–water partition coefficient (Wildman–Crippen LogP) is 4.20. The van der Waals surface area contributed by atoms with Crippen LogP contribution in [0.4, 0.5) is 8.78 Å². The molecule has 34 heavy (non-hydrogen) atoms. The van der Waals surface area contributed by atoms with Crippen molar-refractivity contribution in [1.82, 2.24) is 0 Å². The summed E-state index contributed by atoms with van der Waals surface area (Å²) in [4.78, 5) is 0. The third-order valence-corrected chi connectivity index (χ3v) is 9.25. The number of aliphatic hydroxyl groups excluding tert-OH is 1. The summed E-state index contributed by atoms with van der Waals surface area (Å²) in [6, 6.07) is 16.3. The fraction of sp³-hybridized carbons (Fsp3) is 0.308. The number of hydrogen-bond acceptors (Lipinski definition) is 5. The second-order valence-electron chi connectivity index (χ2n) is 8.67. The van der Waals surface area contributed by atoms with E-state index in [1.807, 2.05) is 62.4 Å². The molecule has 1 saturated heterocycles. The minimum absolute atomic E-state index is 0.0317. The highest BCUT2D eigenvalue weighted by Crippen LogP contribution is 2.46. The van der Waals surface area contributed by atoms with E-state index in [1.54, 1.807) is 0 Å². The summed E-state index contributed by atoms with van der Waals surface area (Å²) < 4.78 is 53.0. The van der Waals surface area contributed by atoms with Gasteiger partial charge in [0.15, 0.2) is 23.1 Å². The standard InChI is InChI=1S/C26H27F2O5P/c1-16-3-7-18(8-4-16)34(31,19-9-5-17(2)6-10-19)15-25-26(30)23(11-12-32-25)33-24-14-21(28)20(27)13-22(24)29/h3-10,13-14,23,25-26,29-30H,11-12,15H2,1-2H3/t23-,25-,26+/m1/s1. The van der Waals surface area contributed by atoms with E-state index in [-0.39, 0.29) is 24.9 Å². The van der Waals surface area contributed by atoms with Gasteiger partial charge < -0.3 is 24.3 Å². The van der Waals surface area contributed by atoms with E-state index in [2.05, 4.69) is 0 Å². The number of aryl methyl sites for hydroxylation is 2. The first-order valence-electron chi connectivity index (χ1n) is 11.1. The zero-order chi connectivity index (χ0) is 24.5. The molecule has 1 heterocycles. The van der Waals surface area contributed by atoms with E-state index in [0.29, 0.717) is 16.7 Å². The summed E-state index contributed by atoms with van der Waals surface area (Å²) in [7, 11) is -3.20. The molecular formula is C26H27F2O5P. The van der Waals surface area contributed by atoms with Crippen molar-refractivity contribution in [2.45, 2.75) is 38.6 Å². The fourth-order valence-corrected chi connectivity index (χ4v) is 6.90. The van der Waals surface area contributed by atoms with Crippen LogP contribution in [0.1, 0.15) is 17.5 Å². The van der Waals surface area contributed by atoms with Crippen LogP contribution in [0.3, 0.4) is 0 Å². The Balaban J connectivity index is 1.62. The SMILES string of the molecule is Cc1ccc(P(=O)(C[C@H]2OCC[C@@H](Oc3cc(F)c(F)cc3O)[C@@H]2O)c2ccc(C)cc2)cc1. The summed E-state index contributed by atoms with van der Waals surface area (Å²) in [6.07, 6.45) is -2.61. The lowest BCUT2D eigenvalue weighted by Crippen LogP contribution is -2.49. The summed E-state index contributed by atoms with van der Waals surface area (Å²) in [5, 5.41) is 22.3. The van der Waals surface area contributed by atoms with Crippen molar-refractivity contribution in [3.63, 3.8) is 0 Å². The maximum atomic E-state index is 14.5. The van der Waals surface area contributed by atoms with Gasteiger partial charge in [-0.3, -0.25) is 0 Å². The number of ether oxygens (including phenoxy) is 2. The number of hydrogen-bond donors (Lipinski definition) is 2. The highest BCUT2D eigenvalue weighted by molar-refractivity contribution is 7.78. The summed E-state index contributed by atoms with van der Waals surface area (Å²) in [6.45, 7) is 4.10. The van der Waals surface area contributed by atoms with Crippen LogP contribution in [0.2, 0.25) is 0 Å². The van der Waals surface area contributed by atoms with Crippen molar-refractivity contribution in [2.24, 2.45) is 0 Å². The third-order valence-electron chi connectivity index (χ3n) is 6.12. The van der Waals surface area contributed by atoms with Crippen LogP contribution in [-0.4, -0.2) is 41.3 Å². The zero-order valence-corrected chi connectivity index (χ0v) is 19.8. The largest absolute Gasteiger partial charge is 0.504 e. The van der Waals surface area contributed by atoms with Crippen LogP contribution in [0.5, 0.6) is 11.5 Å². The molecule has 1 fully saturated rings. The number of halogens is 2. The molecule has 180 valence electrons. The molecule has 0 spiro atoms. The molecule has 4 rings (SSSR count). The quantitative estimate of drug-likeness (QED) is 0.509. The van der Waals surface area contributed by atoms with E-state index in [0.717, 1.165) is 17.2 Å². The van der Waals surface area contributed by atoms with E-state index in [1.165, 1.54) is 0 Å². The van der Waals surface area contributed by atoms with Crippen molar-refractivity contribution in [3.8, 4) is 11.5 Å². The normalized spacial score (nSPS) is 20.8. The van der Waals surface area contributed by atoms with Crippen molar-refractivity contribution < 1.29 is 33.0 Å². The van der Waals surface area contributed by atoms with Gasteiger partial charge in [0.25, 0.3) is 0 Å². The Morgan fingerprint density at radius 3 is 2.06 bits per heavy atom. The number of phenolic OH excluding ortho intramolecular Hbond substituents is 1. The smallest absolute Gasteiger partial charge is 0.164 e. The van der Waals surface area contributed by atoms with Crippen LogP contribution in [-0.2, 0) is 9.30 Å². The summed E-state index contributed by atoms with van der Waals surface area (Å²) in [5.41, 5.74) is 2.07. The first-order valence-corrected chi connectivity index (χ1v) is 12.9. The molecule has 1 aliphatic heterocycles. The number of phenols is 1. The molecule has 1 aliphatic rings. The lowest BCUT2D eigenvalue weighted by molar-refractivity contribution is -0.117. The first-order chi connectivity index (χ1) is 16.2. The number of rotatable bonds is 6. The van der Waals surface area contributed by atoms with E-state index in [9.17, 15) is 23.6 Å². The molecular weight excluding hydrogens is 461 g/mol. The van der Waals surface area contributed by atoms with Gasteiger partial charge in [-0.1, -0.05) is 59.7 Å². The van der Waals surface area contributed by atoms with Crippen molar-refractivity contribution in [3.05, 3.63) is 83.4 Å². The highest BCUT2D eigenvalue weighted by Gasteiger charge is 2.40. The molecule has 0 saturated carbocycles. The van der Waals surface area contributed by atoms with E-state index in [4.69, 9.17) is 9.47 Å². The minimum atomic E-state index is -3.20. The number of aromatic hydroxyl groups is 1. The average molecular weight is 488 g/mol. The molecule has 0 aromatic heterocycles. The summed E-state index contributed by atoms with van der Waals surface area (Å²) >= 11 is 0. The Bertz CT molecular complexity index is 1150. The lowest BCUT2D eigenvalue weighted by atomic mass is 10.0. The molecule has 8 heteroatoms. The van der Waals surface area contributed by atoms with Gasteiger partial charge in [-0.15, -0.1) is 0 Å². The Morgan fingerprint density at radius 1 is 0.971 bits per heavy atom. The molecule has 0 aliphatic carbocycles. The van der Waals surface area contributed by atoms with Crippen molar-refractivity contribution in [1.29, 1.82) is 0 Å². The van der Waals surface area contributed by atoms with Crippen molar-refractivity contribution in [2.75, 3.05) is 12.8 Å². The molecule has 3 aromatic rings. The van der Waals surface area contributed by atoms with Gasteiger partial charge in [-0.2, -0.15) is 0 Å². The van der Waals surface area contributed by atoms with Gasteiger partial charge in [0, 0.05) is 35.3 Å². The molecule has 0 unspecified atom stereocenters. The number of benzene rings is 3. The molecule has 3 aromatic carbocycles. The molecule has 0 amide bonds. The van der Waals surface area contributed by atoms with Crippen LogP contribution in [0, 0.1) is 25.5 Å². The second-order valence-corrected chi connectivity index (χ2v) is 11.5. The van der Waals surface area contributed by atoms with Crippen molar-refractivity contribution >= 4 is 17.8 Å². The van der Waals surface area contributed by atoms with Gasteiger partial charge in [-0.25, -0.2) is 8.78 Å². The van der Waals surface area contributed by atoms with Gasteiger partial charge in [0.05, 0.1) is 12.7 Å². The Hall–Kier alpha value is -2.73. The maximum absolute atomic E-state index is 14.5. The Morgan fingerprint density at radius 2 is 1.50 bits per heavy atom. The topological polar surface area (TPSA) is 76.0 Å². The predicted molar refractivity (Wildman–Crippen MR) is 127 cm³/mol. The Kier molecular flexibility index (Phi) is 7.08. The van der Waals surface area contributed by atoms with Gasteiger partial charge in [-0.05, 0) is 13.8 Å². The molecule has 0 radical (unpaired) electrons. The summed E-state index contributed by atoms with van der Waals surface area (Å²) in [5.74, 6) is -3.22. The molecule has 0 bridgehead atoms. The average Bonchev–Trinajstić information content (AvgIpc) is 2.80. The zero-order valence-electron chi connectivity index (χ0n) is 18.9. The fourth-order valence-electron chi connectivity index (χ4n) is 4.09. The molecule has 3 atom stereocenters. The van der Waals surface area contributed by atoms with Crippen LogP contribution >= 0.6 is 7.14 Å². The third kappa shape index (κ3) is 5.02. The van der Waals surface area contributed by atoms with Crippen LogP contribution < -0.4 is 15.3 Å².